The number of hydrogen-bond donors (Lipinski definition) is 4. The Labute approximate surface area is 52.1 Å². The fourth-order valence-corrected chi connectivity index (χ4v) is 0.250. The van der Waals surface area contributed by atoms with Gasteiger partial charge in [0.05, 0.1) is 6.61 Å². The Bertz CT molecular complexity index is 64.0. The minimum Gasteiger partial charge on any atom is -0.391 e. The standard InChI is InChI=1S/C4H10O5/c5-1-4(8)9-2-3(6)7/h3-8H,1-2H2. The fourth-order valence-electron chi connectivity index (χ4n) is 0.250. The van der Waals surface area contributed by atoms with Gasteiger partial charge in [0.2, 0.25) is 0 Å². The molecule has 0 aromatic rings. The Morgan fingerprint density at radius 1 is 1.22 bits per heavy atom. The van der Waals surface area contributed by atoms with E-state index < -0.39 is 25.8 Å². The van der Waals surface area contributed by atoms with Gasteiger partial charge in [-0.2, -0.15) is 0 Å². The Hall–Kier alpha value is -0.200. The molecular formula is C4H10O5. The zero-order chi connectivity index (χ0) is 7.28. The summed E-state index contributed by atoms with van der Waals surface area (Å²) in [5, 5.41) is 32.8. The highest BCUT2D eigenvalue weighted by molar-refractivity contribution is 4.36. The predicted molar refractivity (Wildman–Crippen MR) is 27.3 cm³/mol. The van der Waals surface area contributed by atoms with Crippen LogP contribution in [0.2, 0.25) is 0 Å². The Balaban J connectivity index is 3.06. The van der Waals surface area contributed by atoms with Gasteiger partial charge in [-0.1, -0.05) is 0 Å². The second-order valence-electron chi connectivity index (χ2n) is 1.45. The average molecular weight is 138 g/mol. The third-order valence-electron chi connectivity index (χ3n) is 0.594. The molecule has 0 spiro atoms. The summed E-state index contributed by atoms with van der Waals surface area (Å²) in [6, 6.07) is 0. The first-order valence-corrected chi connectivity index (χ1v) is 2.43. The molecule has 0 aliphatic rings. The minimum atomic E-state index is -1.61. The lowest BCUT2D eigenvalue weighted by atomic mass is 10.6. The van der Waals surface area contributed by atoms with Gasteiger partial charge in [0, 0.05) is 0 Å². The molecule has 0 aliphatic carbocycles. The zero-order valence-electron chi connectivity index (χ0n) is 4.77. The molecule has 56 valence electrons. The second-order valence-corrected chi connectivity index (χ2v) is 1.45. The van der Waals surface area contributed by atoms with E-state index in [1.165, 1.54) is 0 Å². The molecule has 0 aromatic carbocycles. The number of hydrogen-bond acceptors (Lipinski definition) is 5. The summed E-state index contributed by atoms with van der Waals surface area (Å²) < 4.78 is 4.26. The monoisotopic (exact) mass is 138 g/mol. The van der Waals surface area contributed by atoms with Crippen molar-refractivity contribution in [3.8, 4) is 0 Å². The van der Waals surface area contributed by atoms with Gasteiger partial charge in [-0.15, -0.1) is 0 Å². The van der Waals surface area contributed by atoms with E-state index in [0.29, 0.717) is 0 Å². The van der Waals surface area contributed by atoms with Gasteiger partial charge in [-0.3, -0.25) is 0 Å². The second kappa shape index (κ2) is 4.66. The summed E-state index contributed by atoms with van der Waals surface area (Å²) >= 11 is 0. The molecule has 0 radical (unpaired) electrons. The highest BCUT2D eigenvalue weighted by Crippen LogP contribution is 1.85. The Kier molecular flexibility index (Phi) is 4.55. The first-order chi connectivity index (χ1) is 4.16. The molecule has 0 amide bonds. The van der Waals surface area contributed by atoms with E-state index in [-0.39, 0.29) is 0 Å². The molecule has 4 N–H and O–H groups in total. The molecule has 5 heteroatoms. The van der Waals surface area contributed by atoms with Crippen LogP contribution < -0.4 is 0 Å². The van der Waals surface area contributed by atoms with E-state index in [0.717, 1.165) is 0 Å². The lowest BCUT2D eigenvalue weighted by Gasteiger charge is -2.08. The van der Waals surface area contributed by atoms with Gasteiger partial charge in [0.25, 0.3) is 0 Å². The Morgan fingerprint density at radius 3 is 2.11 bits per heavy atom. The van der Waals surface area contributed by atoms with Crippen LogP contribution in [0.4, 0.5) is 0 Å². The third kappa shape index (κ3) is 5.67. The number of aliphatic hydroxyl groups is 4. The maximum atomic E-state index is 8.41. The summed E-state index contributed by atoms with van der Waals surface area (Å²) in [7, 11) is 0. The lowest BCUT2D eigenvalue weighted by Crippen LogP contribution is -2.23. The van der Waals surface area contributed by atoms with E-state index in [1.54, 1.807) is 0 Å². The molecule has 9 heavy (non-hydrogen) atoms. The molecule has 0 fully saturated rings. The van der Waals surface area contributed by atoms with E-state index in [4.69, 9.17) is 20.4 Å². The summed E-state index contributed by atoms with van der Waals surface area (Å²) in [5.41, 5.74) is 0. The smallest absolute Gasteiger partial charge is 0.178 e. The fraction of sp³-hybridized carbons (Fsp3) is 1.00. The minimum absolute atomic E-state index is 0.401. The van der Waals surface area contributed by atoms with Crippen LogP contribution in [0, 0.1) is 0 Å². The van der Waals surface area contributed by atoms with E-state index >= 15 is 0 Å². The van der Waals surface area contributed by atoms with Gasteiger partial charge in [-0.05, 0) is 0 Å². The molecular weight excluding hydrogens is 128 g/mol. The van der Waals surface area contributed by atoms with Crippen LogP contribution in [0.5, 0.6) is 0 Å². The molecule has 0 rings (SSSR count). The quantitative estimate of drug-likeness (QED) is 0.326. The van der Waals surface area contributed by atoms with Crippen molar-refractivity contribution in [2.24, 2.45) is 0 Å². The number of rotatable bonds is 4. The van der Waals surface area contributed by atoms with Crippen LogP contribution in [0.15, 0.2) is 0 Å². The van der Waals surface area contributed by atoms with Crippen molar-refractivity contribution in [2.45, 2.75) is 12.6 Å². The summed E-state index contributed by atoms with van der Waals surface area (Å²) in [6.07, 6.45) is -2.93. The molecule has 1 atom stereocenters. The molecule has 0 saturated carbocycles. The summed E-state index contributed by atoms with van der Waals surface area (Å²) in [5.74, 6) is 0. The molecule has 1 unspecified atom stereocenters. The van der Waals surface area contributed by atoms with Crippen LogP contribution in [-0.4, -0.2) is 46.2 Å². The van der Waals surface area contributed by atoms with Crippen molar-refractivity contribution < 1.29 is 25.2 Å². The van der Waals surface area contributed by atoms with Crippen molar-refractivity contribution in [1.82, 2.24) is 0 Å². The highest BCUT2D eigenvalue weighted by Gasteiger charge is 2.03. The maximum absolute atomic E-state index is 8.41. The molecule has 0 saturated heterocycles. The largest absolute Gasteiger partial charge is 0.391 e. The van der Waals surface area contributed by atoms with Crippen LogP contribution in [-0.2, 0) is 4.74 Å². The average Bonchev–Trinajstić information content (AvgIpc) is 1.83. The third-order valence-corrected chi connectivity index (χ3v) is 0.594. The molecule has 5 nitrogen and oxygen atoms in total. The van der Waals surface area contributed by atoms with Gasteiger partial charge in [-0.25, -0.2) is 0 Å². The lowest BCUT2D eigenvalue weighted by molar-refractivity contribution is -0.177. The number of ether oxygens (including phenoxy) is 1. The SMILES string of the molecule is OCC(O)OCC(O)O. The van der Waals surface area contributed by atoms with Gasteiger partial charge >= 0.3 is 0 Å². The number of aliphatic hydroxyl groups excluding tert-OH is 3. The molecule has 0 aliphatic heterocycles. The highest BCUT2D eigenvalue weighted by atomic mass is 16.6. The van der Waals surface area contributed by atoms with Crippen molar-refractivity contribution in [3.05, 3.63) is 0 Å². The van der Waals surface area contributed by atoms with Gasteiger partial charge in [0.1, 0.15) is 6.61 Å². The zero-order valence-corrected chi connectivity index (χ0v) is 4.77. The van der Waals surface area contributed by atoms with Crippen molar-refractivity contribution in [3.63, 3.8) is 0 Å². The maximum Gasteiger partial charge on any atom is 0.178 e. The van der Waals surface area contributed by atoms with E-state index in [2.05, 4.69) is 4.74 Å². The van der Waals surface area contributed by atoms with Crippen molar-refractivity contribution in [2.75, 3.05) is 13.2 Å². The topological polar surface area (TPSA) is 90.2 Å². The summed E-state index contributed by atoms with van der Waals surface area (Å²) in [6.45, 7) is -0.950. The van der Waals surface area contributed by atoms with Crippen LogP contribution >= 0.6 is 0 Å². The van der Waals surface area contributed by atoms with Crippen molar-refractivity contribution in [1.29, 1.82) is 0 Å². The van der Waals surface area contributed by atoms with E-state index in [9.17, 15) is 0 Å². The van der Waals surface area contributed by atoms with Gasteiger partial charge in [0.15, 0.2) is 12.6 Å². The Morgan fingerprint density at radius 2 is 1.78 bits per heavy atom. The molecule has 0 aromatic heterocycles. The molecule has 0 bridgehead atoms. The predicted octanol–water partition coefficient (Wildman–Crippen LogP) is -2.38. The molecule has 0 heterocycles. The van der Waals surface area contributed by atoms with Crippen LogP contribution in [0.25, 0.3) is 0 Å². The van der Waals surface area contributed by atoms with Crippen molar-refractivity contribution >= 4 is 0 Å². The normalized spacial score (nSPS) is 14.3. The van der Waals surface area contributed by atoms with Crippen LogP contribution in [0.3, 0.4) is 0 Å². The first-order valence-electron chi connectivity index (χ1n) is 2.43. The van der Waals surface area contributed by atoms with Gasteiger partial charge < -0.3 is 25.2 Å². The van der Waals surface area contributed by atoms with Crippen LogP contribution in [0.1, 0.15) is 0 Å². The summed E-state index contributed by atoms with van der Waals surface area (Å²) in [4.78, 5) is 0. The first kappa shape index (κ1) is 8.80. The van der Waals surface area contributed by atoms with E-state index in [1.807, 2.05) is 0 Å².